The minimum atomic E-state index is -1.69. The normalized spacial score (nSPS) is 25.6. The highest BCUT2D eigenvalue weighted by Crippen LogP contribution is 2.40. The molecule has 0 unspecified atom stereocenters. The van der Waals surface area contributed by atoms with Crippen molar-refractivity contribution in [3.8, 4) is 0 Å². The summed E-state index contributed by atoms with van der Waals surface area (Å²) in [7, 11) is 0. The molecule has 326 valence electrons. The number of thioether (sulfide) groups is 1. The van der Waals surface area contributed by atoms with E-state index in [1.807, 2.05) is 31.2 Å². The second-order valence-corrected chi connectivity index (χ2v) is 15.6. The second kappa shape index (κ2) is 21.1. The molecule has 16 heteroatoms. The summed E-state index contributed by atoms with van der Waals surface area (Å²) in [6, 6.07) is 31.5. The molecule has 2 heterocycles. The highest BCUT2D eigenvalue weighted by atomic mass is 32.2. The Labute approximate surface area is 362 Å². The van der Waals surface area contributed by atoms with Crippen LogP contribution in [0.25, 0.3) is 0 Å². The van der Waals surface area contributed by atoms with Crippen LogP contribution in [0.1, 0.15) is 64.3 Å². The maximum Gasteiger partial charge on any atom is 0.338 e. The predicted octanol–water partition coefficient (Wildman–Crippen LogP) is 6.05. The largest absolute Gasteiger partial charge is 0.463 e. The van der Waals surface area contributed by atoms with Gasteiger partial charge in [-0.25, -0.2) is 14.4 Å². The summed E-state index contributed by atoms with van der Waals surface area (Å²) >= 11 is 1.15. The van der Waals surface area contributed by atoms with Gasteiger partial charge in [-0.15, -0.1) is 0 Å². The maximum absolute atomic E-state index is 14.0. The summed E-state index contributed by atoms with van der Waals surface area (Å²) in [5.74, 6) is -4.72. The van der Waals surface area contributed by atoms with Gasteiger partial charge in [-0.1, -0.05) is 84.1 Å². The number of carbonyl (C=O) groups is 6. The monoisotopic (exact) mass is 870 g/mol. The molecule has 4 aromatic carbocycles. The molecule has 0 spiro atoms. The number of ether oxygens (including phenoxy) is 9. The van der Waals surface area contributed by atoms with Crippen molar-refractivity contribution in [1.82, 2.24) is 0 Å². The van der Waals surface area contributed by atoms with E-state index < -0.39 is 103 Å². The molecule has 2 aliphatic rings. The van der Waals surface area contributed by atoms with Crippen molar-refractivity contribution < 1.29 is 71.4 Å². The first kappa shape index (κ1) is 45.5. The van der Waals surface area contributed by atoms with Crippen LogP contribution in [0.15, 0.2) is 120 Å². The van der Waals surface area contributed by atoms with Gasteiger partial charge in [0, 0.05) is 25.7 Å². The fourth-order valence-corrected chi connectivity index (χ4v) is 7.93. The molecule has 10 atom stereocenters. The number of benzene rings is 4. The lowest BCUT2D eigenvalue weighted by atomic mass is 9.97. The first-order chi connectivity index (χ1) is 29.8. The van der Waals surface area contributed by atoms with Crippen LogP contribution in [0.3, 0.4) is 0 Å². The first-order valence-corrected chi connectivity index (χ1v) is 20.6. The van der Waals surface area contributed by atoms with Crippen molar-refractivity contribution in [2.75, 3.05) is 6.61 Å². The van der Waals surface area contributed by atoms with E-state index in [4.69, 9.17) is 42.6 Å². The highest BCUT2D eigenvalue weighted by molar-refractivity contribution is 7.99. The van der Waals surface area contributed by atoms with Gasteiger partial charge >= 0.3 is 35.8 Å². The van der Waals surface area contributed by atoms with Crippen molar-refractivity contribution in [2.45, 2.75) is 100 Å². The molecule has 0 saturated carbocycles. The minimum Gasteiger partial charge on any atom is -0.463 e. The fraction of sp³-hybridized carbons (Fsp3) is 0.348. The molecule has 0 bridgehead atoms. The standard InChI is InChI=1S/C46H46O15S/c1-26-21-23-34(24-22-26)62-46-41(39(56-30(5)49)37(55-29(4)48)35(57-46)25-53-28(3)47)61-45-40(60-44(52)33-19-13-8-14-20-33)38(59-43(51)32-17-11-7-12-18-32)36(27(2)54-45)58-42(50)31-15-9-6-10-16-31/h6-24,27,35-41,45-46H,25H2,1-5H3/t27-,35-,36+,37+,38+,39+,40-,41-,45+,46+/m1/s1. The lowest BCUT2D eigenvalue weighted by molar-refractivity contribution is -0.328. The van der Waals surface area contributed by atoms with Gasteiger partial charge in [-0.05, 0) is 62.4 Å². The SMILES string of the molecule is CC(=O)OC[C@H]1O[C@@H](Sc2ccc(C)cc2)[C@H](O[C@@H]2O[C@H](C)[C@H](OC(=O)c3ccccc3)[C@H](OC(=O)c3ccccc3)[C@H]2OC(=O)c2ccccc2)[C@@H](OC(C)=O)[C@H]1OC(C)=O. The van der Waals surface area contributed by atoms with Gasteiger partial charge in [0.25, 0.3) is 0 Å². The molecule has 0 N–H and O–H groups in total. The van der Waals surface area contributed by atoms with Crippen LogP contribution in [0, 0.1) is 6.92 Å². The van der Waals surface area contributed by atoms with Gasteiger partial charge in [-0.3, -0.25) is 14.4 Å². The third kappa shape index (κ3) is 11.8. The molecule has 0 amide bonds. The summed E-state index contributed by atoms with van der Waals surface area (Å²) in [6.45, 7) is 6.55. The Morgan fingerprint density at radius 2 is 0.968 bits per heavy atom. The maximum atomic E-state index is 14.0. The molecule has 15 nitrogen and oxygen atoms in total. The van der Waals surface area contributed by atoms with Crippen molar-refractivity contribution >= 4 is 47.6 Å². The average molecular weight is 871 g/mol. The van der Waals surface area contributed by atoms with Crippen molar-refractivity contribution in [2.24, 2.45) is 0 Å². The van der Waals surface area contributed by atoms with E-state index in [1.54, 1.807) is 73.7 Å². The lowest BCUT2D eigenvalue weighted by Gasteiger charge is -2.48. The zero-order valence-electron chi connectivity index (χ0n) is 34.5. The molecule has 2 saturated heterocycles. The minimum absolute atomic E-state index is 0.116. The van der Waals surface area contributed by atoms with E-state index >= 15 is 0 Å². The Morgan fingerprint density at radius 1 is 0.516 bits per heavy atom. The van der Waals surface area contributed by atoms with Crippen molar-refractivity contribution in [1.29, 1.82) is 0 Å². The van der Waals surface area contributed by atoms with E-state index in [9.17, 15) is 28.8 Å². The molecular formula is C46H46O15S. The average Bonchev–Trinajstić information content (AvgIpc) is 3.25. The van der Waals surface area contributed by atoms with E-state index in [2.05, 4.69) is 0 Å². The molecule has 0 aromatic heterocycles. The van der Waals surface area contributed by atoms with Crippen LogP contribution >= 0.6 is 11.8 Å². The Balaban J connectivity index is 1.46. The lowest BCUT2D eigenvalue weighted by Crippen LogP contribution is -2.66. The predicted molar refractivity (Wildman–Crippen MR) is 220 cm³/mol. The highest BCUT2D eigenvalue weighted by Gasteiger charge is 2.57. The molecule has 2 fully saturated rings. The van der Waals surface area contributed by atoms with Gasteiger partial charge in [0.2, 0.25) is 0 Å². The van der Waals surface area contributed by atoms with Gasteiger partial charge in [0.15, 0.2) is 36.8 Å². The van der Waals surface area contributed by atoms with Gasteiger partial charge in [-0.2, -0.15) is 0 Å². The summed E-state index contributed by atoms with van der Waals surface area (Å²) < 4.78 is 54.9. The van der Waals surface area contributed by atoms with Gasteiger partial charge in [0.05, 0.1) is 22.8 Å². The summed E-state index contributed by atoms with van der Waals surface area (Å²) in [5, 5.41) is 0. The third-order valence-electron chi connectivity index (χ3n) is 9.70. The molecule has 6 rings (SSSR count). The number of esters is 6. The molecular weight excluding hydrogens is 825 g/mol. The molecule has 0 radical (unpaired) electrons. The summed E-state index contributed by atoms with van der Waals surface area (Å²) in [6.07, 6.45) is -12.9. The van der Waals surface area contributed by atoms with Crippen molar-refractivity contribution in [3.63, 3.8) is 0 Å². The van der Waals surface area contributed by atoms with Crippen LogP contribution in [-0.4, -0.2) is 103 Å². The number of rotatable bonds is 14. The van der Waals surface area contributed by atoms with Crippen LogP contribution < -0.4 is 0 Å². The van der Waals surface area contributed by atoms with Gasteiger partial charge in [0.1, 0.15) is 24.3 Å². The van der Waals surface area contributed by atoms with Crippen LogP contribution in [-0.2, 0) is 57.0 Å². The zero-order chi connectivity index (χ0) is 44.3. The Bertz CT molecular complexity index is 2170. The molecule has 62 heavy (non-hydrogen) atoms. The fourth-order valence-electron chi connectivity index (χ4n) is 6.82. The quantitative estimate of drug-likeness (QED) is 0.105. The van der Waals surface area contributed by atoms with Gasteiger partial charge < -0.3 is 42.6 Å². The van der Waals surface area contributed by atoms with Crippen LogP contribution in [0.4, 0.5) is 0 Å². The summed E-state index contributed by atoms with van der Waals surface area (Å²) in [5.41, 5.74) is 0.281. The van der Waals surface area contributed by atoms with E-state index in [-0.39, 0.29) is 16.7 Å². The molecule has 2 aliphatic heterocycles. The second-order valence-electron chi connectivity index (χ2n) is 14.4. The van der Waals surface area contributed by atoms with Crippen molar-refractivity contribution in [3.05, 3.63) is 138 Å². The number of hydrogen-bond donors (Lipinski definition) is 0. The summed E-state index contributed by atoms with van der Waals surface area (Å²) in [4.78, 5) is 79.8. The Kier molecular flexibility index (Phi) is 15.5. The zero-order valence-corrected chi connectivity index (χ0v) is 35.3. The number of carbonyl (C=O) groups excluding carboxylic acids is 6. The third-order valence-corrected chi connectivity index (χ3v) is 10.9. The van der Waals surface area contributed by atoms with E-state index in [1.165, 1.54) is 31.2 Å². The smallest absolute Gasteiger partial charge is 0.338 e. The van der Waals surface area contributed by atoms with E-state index in [0.717, 1.165) is 31.2 Å². The molecule has 0 aliphatic carbocycles. The topological polar surface area (TPSA) is 185 Å². The molecule has 4 aromatic rings. The van der Waals surface area contributed by atoms with Crippen LogP contribution in [0.5, 0.6) is 0 Å². The van der Waals surface area contributed by atoms with E-state index in [0.29, 0.717) is 4.90 Å². The number of hydrogen-bond acceptors (Lipinski definition) is 16. The Hall–Kier alpha value is -6.07. The number of aryl methyl sites for hydroxylation is 1. The van der Waals surface area contributed by atoms with Crippen LogP contribution in [0.2, 0.25) is 0 Å². The first-order valence-electron chi connectivity index (χ1n) is 19.7. The Morgan fingerprint density at radius 3 is 1.45 bits per heavy atom.